The van der Waals surface area contributed by atoms with Crippen LogP contribution in [0.25, 0.3) is 0 Å². The number of hydrogen-bond donors (Lipinski definition) is 2. The summed E-state index contributed by atoms with van der Waals surface area (Å²) in [5.41, 5.74) is 3.69. The fourth-order valence-electron chi connectivity index (χ4n) is 1.87. The summed E-state index contributed by atoms with van der Waals surface area (Å²) in [6, 6.07) is 14.3. The first-order chi connectivity index (χ1) is 11.6. The Hall–Kier alpha value is -2.37. The van der Waals surface area contributed by atoms with Crippen molar-refractivity contribution in [2.45, 2.75) is 6.42 Å². The maximum absolute atomic E-state index is 11.7. The summed E-state index contributed by atoms with van der Waals surface area (Å²) in [7, 11) is 0. The number of hydrazone groups is 1. The van der Waals surface area contributed by atoms with Gasteiger partial charge in [0.15, 0.2) is 0 Å². The normalized spacial score (nSPS) is 10.6. The van der Waals surface area contributed by atoms with E-state index in [2.05, 4.69) is 15.8 Å². The number of carbonyl (C=O) groups is 2. The van der Waals surface area contributed by atoms with Crippen LogP contribution in [0.4, 0.5) is 0 Å². The van der Waals surface area contributed by atoms with Gasteiger partial charge in [0.05, 0.1) is 29.2 Å². The highest BCUT2D eigenvalue weighted by molar-refractivity contribution is 6.38. The molecule has 0 saturated heterocycles. The summed E-state index contributed by atoms with van der Waals surface area (Å²) in [6.07, 6.45) is 1.57. The number of hydrogen-bond acceptors (Lipinski definition) is 3. The van der Waals surface area contributed by atoms with Gasteiger partial charge < -0.3 is 5.32 Å². The van der Waals surface area contributed by atoms with Crippen LogP contribution in [0.2, 0.25) is 10.0 Å². The van der Waals surface area contributed by atoms with E-state index < -0.39 is 5.91 Å². The van der Waals surface area contributed by atoms with Crippen molar-refractivity contribution >= 4 is 41.2 Å². The minimum absolute atomic E-state index is 0.167. The third kappa shape index (κ3) is 5.68. The molecule has 0 aromatic heterocycles. The van der Waals surface area contributed by atoms with Crippen molar-refractivity contribution in [3.8, 4) is 0 Å². The van der Waals surface area contributed by atoms with E-state index >= 15 is 0 Å². The number of carbonyl (C=O) groups excluding carboxylic acids is 2. The van der Waals surface area contributed by atoms with Crippen LogP contribution in [0.3, 0.4) is 0 Å². The van der Waals surface area contributed by atoms with Crippen molar-refractivity contribution in [3.63, 3.8) is 0 Å². The van der Waals surface area contributed by atoms with Gasteiger partial charge >= 0.3 is 0 Å². The molecule has 0 radical (unpaired) electrons. The largest absolute Gasteiger partial charge is 0.347 e. The summed E-state index contributed by atoms with van der Waals surface area (Å²) < 4.78 is 0. The predicted molar refractivity (Wildman–Crippen MR) is 95.4 cm³/mol. The zero-order valence-electron chi connectivity index (χ0n) is 12.6. The molecule has 7 heteroatoms. The van der Waals surface area contributed by atoms with Gasteiger partial charge in [-0.2, -0.15) is 5.10 Å². The second-order valence-electron chi connectivity index (χ2n) is 4.87. The topological polar surface area (TPSA) is 70.6 Å². The Bertz CT molecular complexity index is 729. The molecule has 0 unspecified atom stereocenters. The van der Waals surface area contributed by atoms with Gasteiger partial charge in [0.2, 0.25) is 5.91 Å². The Balaban J connectivity index is 1.77. The van der Waals surface area contributed by atoms with Gasteiger partial charge in [-0.25, -0.2) is 5.43 Å². The summed E-state index contributed by atoms with van der Waals surface area (Å²) in [6.45, 7) is -0.167. The van der Waals surface area contributed by atoms with Gasteiger partial charge in [-0.05, 0) is 17.7 Å². The zero-order chi connectivity index (χ0) is 17.4. The number of halogens is 2. The van der Waals surface area contributed by atoms with E-state index in [1.807, 2.05) is 30.3 Å². The molecule has 5 nitrogen and oxygen atoms in total. The minimum atomic E-state index is -0.448. The van der Waals surface area contributed by atoms with E-state index in [0.29, 0.717) is 15.6 Å². The molecule has 0 fully saturated rings. The molecule has 0 heterocycles. The van der Waals surface area contributed by atoms with E-state index in [1.54, 1.807) is 18.2 Å². The van der Waals surface area contributed by atoms with Crippen LogP contribution in [-0.2, 0) is 16.0 Å². The number of rotatable bonds is 6. The molecular formula is C17H15Cl2N3O2. The minimum Gasteiger partial charge on any atom is -0.347 e. The molecule has 0 atom stereocenters. The molecule has 0 aliphatic rings. The molecule has 2 rings (SSSR count). The zero-order valence-corrected chi connectivity index (χ0v) is 14.1. The van der Waals surface area contributed by atoms with Gasteiger partial charge in [0, 0.05) is 5.56 Å². The molecule has 2 N–H and O–H groups in total. The summed E-state index contributed by atoms with van der Waals surface area (Å²) in [5.74, 6) is -0.690. The maximum Gasteiger partial charge on any atom is 0.259 e. The van der Waals surface area contributed by atoms with Crippen molar-refractivity contribution in [2.24, 2.45) is 5.10 Å². The first-order valence-corrected chi connectivity index (χ1v) is 7.88. The number of amides is 2. The predicted octanol–water partition coefficient (Wildman–Crippen LogP) is 2.80. The van der Waals surface area contributed by atoms with Crippen molar-refractivity contribution < 1.29 is 9.59 Å². The van der Waals surface area contributed by atoms with Gasteiger partial charge in [-0.1, -0.05) is 59.6 Å². The average molecular weight is 364 g/mol. The van der Waals surface area contributed by atoms with E-state index in [9.17, 15) is 9.59 Å². The fourth-order valence-corrected chi connectivity index (χ4v) is 2.36. The molecule has 0 bridgehead atoms. The Morgan fingerprint density at radius 1 is 0.958 bits per heavy atom. The fraction of sp³-hybridized carbons (Fsp3) is 0.118. The molecule has 0 spiro atoms. The van der Waals surface area contributed by atoms with Crippen LogP contribution in [0.1, 0.15) is 11.1 Å². The van der Waals surface area contributed by atoms with Crippen LogP contribution in [0, 0.1) is 0 Å². The van der Waals surface area contributed by atoms with Crippen molar-refractivity contribution in [1.82, 2.24) is 10.7 Å². The van der Waals surface area contributed by atoms with Gasteiger partial charge in [-0.15, -0.1) is 0 Å². The summed E-state index contributed by atoms with van der Waals surface area (Å²) in [4.78, 5) is 23.4. The van der Waals surface area contributed by atoms with Crippen LogP contribution in [0.15, 0.2) is 53.6 Å². The van der Waals surface area contributed by atoms with E-state index in [-0.39, 0.29) is 18.9 Å². The Labute approximate surface area is 149 Å². The summed E-state index contributed by atoms with van der Waals surface area (Å²) in [5, 5.41) is 7.16. The second-order valence-corrected chi connectivity index (χ2v) is 5.68. The average Bonchev–Trinajstić information content (AvgIpc) is 2.56. The smallest absolute Gasteiger partial charge is 0.259 e. The molecule has 0 aliphatic heterocycles. The van der Waals surface area contributed by atoms with E-state index in [4.69, 9.17) is 23.2 Å². The van der Waals surface area contributed by atoms with Crippen molar-refractivity contribution in [2.75, 3.05) is 6.54 Å². The van der Waals surface area contributed by atoms with Gasteiger partial charge in [0.25, 0.3) is 5.91 Å². The van der Waals surface area contributed by atoms with Crippen molar-refractivity contribution in [3.05, 3.63) is 69.7 Å². The quantitative estimate of drug-likeness (QED) is 0.611. The van der Waals surface area contributed by atoms with Gasteiger partial charge in [0.1, 0.15) is 0 Å². The Kier molecular flexibility index (Phi) is 6.78. The third-order valence-corrected chi connectivity index (χ3v) is 3.70. The van der Waals surface area contributed by atoms with Crippen LogP contribution in [-0.4, -0.2) is 24.6 Å². The molecule has 0 saturated carbocycles. The Morgan fingerprint density at radius 2 is 1.62 bits per heavy atom. The SMILES string of the molecule is O=C(Cc1ccccc1)NCC(=O)N/N=C/c1c(Cl)cccc1Cl. The lowest BCUT2D eigenvalue weighted by molar-refractivity contribution is -0.125. The number of nitrogens with one attached hydrogen (secondary N) is 2. The van der Waals surface area contributed by atoms with Crippen molar-refractivity contribution in [1.29, 1.82) is 0 Å². The van der Waals surface area contributed by atoms with E-state index in [1.165, 1.54) is 6.21 Å². The van der Waals surface area contributed by atoms with Crippen LogP contribution in [0.5, 0.6) is 0 Å². The lowest BCUT2D eigenvalue weighted by Crippen LogP contribution is -2.35. The lowest BCUT2D eigenvalue weighted by atomic mass is 10.1. The number of nitrogens with zero attached hydrogens (tertiary/aromatic N) is 1. The van der Waals surface area contributed by atoms with E-state index in [0.717, 1.165) is 5.56 Å². The number of benzene rings is 2. The maximum atomic E-state index is 11.7. The monoisotopic (exact) mass is 363 g/mol. The molecule has 2 aromatic carbocycles. The molecule has 24 heavy (non-hydrogen) atoms. The second kappa shape index (κ2) is 9.05. The third-order valence-electron chi connectivity index (χ3n) is 3.04. The molecule has 2 amide bonds. The van der Waals surface area contributed by atoms with Crippen LogP contribution < -0.4 is 10.7 Å². The molecular weight excluding hydrogens is 349 g/mol. The molecule has 124 valence electrons. The standard InChI is InChI=1S/C17H15Cl2N3O2/c18-14-7-4-8-15(19)13(14)10-21-22-17(24)11-20-16(23)9-12-5-2-1-3-6-12/h1-8,10H,9,11H2,(H,20,23)(H,22,24)/b21-10+. The highest BCUT2D eigenvalue weighted by atomic mass is 35.5. The molecule has 0 aliphatic carbocycles. The summed E-state index contributed by atoms with van der Waals surface area (Å²) >= 11 is 12.0. The highest BCUT2D eigenvalue weighted by Crippen LogP contribution is 2.21. The lowest BCUT2D eigenvalue weighted by Gasteiger charge is -2.04. The highest BCUT2D eigenvalue weighted by Gasteiger charge is 2.06. The Morgan fingerprint density at radius 3 is 2.29 bits per heavy atom. The molecule has 2 aromatic rings. The van der Waals surface area contributed by atoms with Gasteiger partial charge in [-0.3, -0.25) is 9.59 Å². The first kappa shape index (κ1) is 18.0. The van der Waals surface area contributed by atoms with Crippen LogP contribution >= 0.6 is 23.2 Å². The first-order valence-electron chi connectivity index (χ1n) is 7.13.